The van der Waals surface area contributed by atoms with Crippen molar-refractivity contribution in [2.75, 3.05) is 19.1 Å². The maximum absolute atomic E-state index is 12.9. The van der Waals surface area contributed by atoms with Crippen LogP contribution in [0.15, 0.2) is 48.8 Å². The van der Waals surface area contributed by atoms with Crippen LogP contribution >= 0.6 is 11.8 Å². The van der Waals surface area contributed by atoms with E-state index in [1.165, 1.54) is 7.11 Å². The lowest BCUT2D eigenvalue weighted by atomic mass is 10.1. The predicted octanol–water partition coefficient (Wildman–Crippen LogP) is 2.48. The zero-order valence-corrected chi connectivity index (χ0v) is 16.4. The number of thioether (sulfide) groups is 1. The Morgan fingerprint density at radius 1 is 1.19 bits per heavy atom. The Morgan fingerprint density at radius 2 is 1.89 bits per heavy atom. The van der Waals surface area contributed by atoms with Crippen LogP contribution in [0, 0.1) is 0 Å². The number of pyridine rings is 1. The number of hydrogen-bond acceptors (Lipinski definition) is 6. The van der Waals surface area contributed by atoms with E-state index in [1.807, 2.05) is 30.5 Å². The number of ether oxygens (including phenoxy) is 1. The summed E-state index contributed by atoms with van der Waals surface area (Å²) >= 11 is 1.67. The van der Waals surface area contributed by atoms with E-state index in [4.69, 9.17) is 10.5 Å². The molecule has 1 unspecified atom stereocenters. The van der Waals surface area contributed by atoms with Gasteiger partial charge in [0.1, 0.15) is 0 Å². The molecule has 1 heterocycles. The van der Waals surface area contributed by atoms with Gasteiger partial charge in [-0.15, -0.1) is 0 Å². The van der Waals surface area contributed by atoms with Crippen molar-refractivity contribution in [3.05, 3.63) is 65.5 Å². The summed E-state index contributed by atoms with van der Waals surface area (Å²) in [4.78, 5) is 30.3. The second-order valence-corrected chi connectivity index (χ2v) is 7.12. The number of nitrogens with two attached hydrogens (primary N) is 1. The molecule has 144 valence electrons. The molecule has 1 aromatic carbocycles. The highest BCUT2D eigenvalue weighted by atomic mass is 32.2. The third-order valence-electron chi connectivity index (χ3n) is 4.11. The van der Waals surface area contributed by atoms with Gasteiger partial charge in [-0.2, -0.15) is 11.8 Å². The number of rotatable bonds is 9. The fourth-order valence-corrected chi connectivity index (χ4v) is 3.10. The number of benzene rings is 1. The van der Waals surface area contributed by atoms with Crippen LogP contribution in [0.2, 0.25) is 0 Å². The van der Waals surface area contributed by atoms with E-state index in [-0.39, 0.29) is 11.9 Å². The highest BCUT2D eigenvalue weighted by Gasteiger charge is 2.21. The van der Waals surface area contributed by atoms with Gasteiger partial charge in [-0.25, -0.2) is 4.79 Å². The van der Waals surface area contributed by atoms with Gasteiger partial charge >= 0.3 is 5.97 Å². The van der Waals surface area contributed by atoms with E-state index in [0.717, 1.165) is 16.9 Å². The van der Waals surface area contributed by atoms with Gasteiger partial charge in [0.05, 0.1) is 18.7 Å². The van der Waals surface area contributed by atoms with E-state index in [0.29, 0.717) is 25.1 Å². The van der Waals surface area contributed by atoms with Gasteiger partial charge in [0.15, 0.2) is 0 Å². The minimum atomic E-state index is -0.538. The minimum absolute atomic E-state index is 0.0926. The van der Waals surface area contributed by atoms with E-state index < -0.39 is 6.04 Å². The zero-order valence-electron chi connectivity index (χ0n) is 15.6. The first-order chi connectivity index (χ1) is 13.0. The van der Waals surface area contributed by atoms with Gasteiger partial charge < -0.3 is 15.4 Å². The molecule has 1 atom stereocenters. The average molecular weight is 388 g/mol. The highest BCUT2D eigenvalue weighted by molar-refractivity contribution is 7.98. The summed E-state index contributed by atoms with van der Waals surface area (Å²) < 4.78 is 4.71. The van der Waals surface area contributed by atoms with Crippen molar-refractivity contribution in [1.29, 1.82) is 0 Å². The van der Waals surface area contributed by atoms with Gasteiger partial charge in [0, 0.05) is 25.5 Å². The van der Waals surface area contributed by atoms with Gasteiger partial charge in [-0.1, -0.05) is 18.2 Å². The van der Waals surface area contributed by atoms with Crippen LogP contribution < -0.4 is 5.73 Å². The third kappa shape index (κ3) is 6.37. The molecular formula is C20H25N3O3S. The molecule has 0 spiro atoms. The summed E-state index contributed by atoms with van der Waals surface area (Å²) in [6.45, 7) is 0.834. The molecule has 0 radical (unpaired) electrons. The van der Waals surface area contributed by atoms with Crippen LogP contribution in [0.5, 0.6) is 0 Å². The largest absolute Gasteiger partial charge is 0.465 e. The fraction of sp³-hybridized carbons (Fsp3) is 0.350. The number of carbonyl (C=O) groups is 2. The molecule has 27 heavy (non-hydrogen) atoms. The van der Waals surface area contributed by atoms with E-state index in [1.54, 1.807) is 41.2 Å². The summed E-state index contributed by atoms with van der Waals surface area (Å²) in [5.74, 6) is 0.357. The van der Waals surface area contributed by atoms with Gasteiger partial charge in [0.25, 0.3) is 0 Å². The summed E-state index contributed by atoms with van der Waals surface area (Å²) in [6.07, 6.45) is 6.07. The lowest BCUT2D eigenvalue weighted by molar-refractivity contribution is -0.133. The Balaban J connectivity index is 2.15. The Hall–Kier alpha value is -2.38. The first-order valence-electron chi connectivity index (χ1n) is 8.64. The number of esters is 1. The maximum atomic E-state index is 12.9. The van der Waals surface area contributed by atoms with Crippen LogP contribution in [0.1, 0.15) is 27.9 Å². The van der Waals surface area contributed by atoms with Crippen molar-refractivity contribution in [2.45, 2.75) is 25.6 Å². The van der Waals surface area contributed by atoms with Crippen molar-refractivity contribution in [3.63, 3.8) is 0 Å². The first-order valence-corrected chi connectivity index (χ1v) is 10.0. The Morgan fingerprint density at radius 3 is 2.48 bits per heavy atom. The van der Waals surface area contributed by atoms with Crippen LogP contribution in [-0.4, -0.2) is 46.9 Å². The molecule has 0 saturated carbocycles. The molecule has 2 aromatic rings. The molecule has 2 rings (SSSR count). The standard InChI is InChI=1S/C20H25N3O3S/c1-26-20(25)17-7-5-15(6-8-17)13-23(14-16-4-3-10-22-12-16)19(24)18(21)9-11-27-2/h3-8,10,12,18H,9,11,13-14,21H2,1-2H3. The van der Waals surface area contributed by atoms with E-state index in [2.05, 4.69) is 4.98 Å². The van der Waals surface area contributed by atoms with Crippen LogP contribution in [0.4, 0.5) is 0 Å². The molecule has 0 aliphatic carbocycles. The molecule has 0 saturated heterocycles. The first kappa shape index (κ1) is 20.9. The topological polar surface area (TPSA) is 85.5 Å². The van der Waals surface area contributed by atoms with Crippen LogP contribution in [-0.2, 0) is 22.6 Å². The second kappa shape index (κ2) is 10.7. The molecule has 0 aliphatic rings. The quantitative estimate of drug-likeness (QED) is 0.666. The molecule has 0 aliphatic heterocycles. The summed E-state index contributed by atoms with van der Waals surface area (Å²) in [5, 5.41) is 0. The Kier molecular flexibility index (Phi) is 8.29. The molecule has 0 fully saturated rings. The number of methoxy groups -OCH3 is 1. The van der Waals surface area contributed by atoms with Gasteiger partial charge in [0.2, 0.25) is 5.91 Å². The Labute approximate surface area is 164 Å². The molecule has 7 heteroatoms. The number of hydrogen-bond donors (Lipinski definition) is 1. The average Bonchev–Trinajstić information content (AvgIpc) is 2.71. The second-order valence-electron chi connectivity index (χ2n) is 6.13. The lowest BCUT2D eigenvalue weighted by Gasteiger charge is -2.26. The van der Waals surface area contributed by atoms with Crippen molar-refractivity contribution in [2.24, 2.45) is 5.73 Å². The maximum Gasteiger partial charge on any atom is 0.337 e. The van der Waals surface area contributed by atoms with Crippen molar-refractivity contribution < 1.29 is 14.3 Å². The molecular weight excluding hydrogens is 362 g/mol. The van der Waals surface area contributed by atoms with Crippen molar-refractivity contribution >= 4 is 23.6 Å². The SMILES string of the molecule is COC(=O)c1ccc(CN(Cc2cccnc2)C(=O)C(N)CCSC)cc1. The fourth-order valence-electron chi connectivity index (χ4n) is 2.61. The molecule has 6 nitrogen and oxygen atoms in total. The van der Waals surface area contributed by atoms with Crippen molar-refractivity contribution in [1.82, 2.24) is 9.88 Å². The molecule has 0 bridgehead atoms. The molecule has 1 aromatic heterocycles. The van der Waals surface area contributed by atoms with Crippen LogP contribution in [0.25, 0.3) is 0 Å². The predicted molar refractivity (Wildman–Crippen MR) is 107 cm³/mol. The van der Waals surface area contributed by atoms with E-state index in [9.17, 15) is 9.59 Å². The lowest BCUT2D eigenvalue weighted by Crippen LogP contribution is -2.43. The van der Waals surface area contributed by atoms with Gasteiger partial charge in [-0.05, 0) is 47.8 Å². The van der Waals surface area contributed by atoms with Crippen LogP contribution in [0.3, 0.4) is 0 Å². The van der Waals surface area contributed by atoms with Crippen molar-refractivity contribution in [3.8, 4) is 0 Å². The smallest absolute Gasteiger partial charge is 0.337 e. The highest BCUT2D eigenvalue weighted by Crippen LogP contribution is 2.14. The minimum Gasteiger partial charge on any atom is -0.465 e. The third-order valence-corrected chi connectivity index (χ3v) is 4.75. The zero-order chi connectivity index (χ0) is 19.6. The summed E-state index contributed by atoms with van der Waals surface area (Å²) in [7, 11) is 1.35. The molecule has 1 amide bonds. The normalized spacial score (nSPS) is 11.7. The summed E-state index contributed by atoms with van der Waals surface area (Å²) in [6, 6.07) is 10.3. The number of carbonyl (C=O) groups excluding carboxylic acids is 2. The number of nitrogens with zero attached hydrogens (tertiary/aromatic N) is 2. The number of aromatic nitrogens is 1. The molecule has 2 N–H and O–H groups in total. The summed E-state index contributed by atoms with van der Waals surface area (Å²) in [5.41, 5.74) is 8.44. The monoisotopic (exact) mass is 387 g/mol. The van der Waals surface area contributed by atoms with Gasteiger partial charge in [-0.3, -0.25) is 9.78 Å². The van der Waals surface area contributed by atoms with E-state index >= 15 is 0 Å². The number of amides is 1. The Bertz CT molecular complexity index is 738.